The van der Waals surface area contributed by atoms with E-state index in [2.05, 4.69) is 50.1 Å². The minimum atomic E-state index is 0.329. The molecule has 1 heterocycles. The molecule has 1 aromatic rings. The summed E-state index contributed by atoms with van der Waals surface area (Å²) in [6, 6.07) is 3.00. The fourth-order valence-electron chi connectivity index (χ4n) is 3.23. The first kappa shape index (κ1) is 18.2. The van der Waals surface area contributed by atoms with Crippen molar-refractivity contribution in [3.8, 4) is 0 Å². The highest BCUT2D eigenvalue weighted by Gasteiger charge is 2.20. The van der Waals surface area contributed by atoms with E-state index < -0.39 is 0 Å². The zero-order valence-corrected chi connectivity index (χ0v) is 14.3. The van der Waals surface area contributed by atoms with E-state index in [1.807, 2.05) is 0 Å². The Kier molecular flexibility index (Phi) is 8.62. The van der Waals surface area contributed by atoms with Gasteiger partial charge < -0.3 is 0 Å². The topological polar surface area (TPSA) is 55.9 Å². The van der Waals surface area contributed by atoms with Gasteiger partial charge in [0.15, 0.2) is 0 Å². The van der Waals surface area contributed by atoms with Crippen LogP contribution in [0.4, 0.5) is 0 Å². The predicted octanol–water partition coefficient (Wildman–Crippen LogP) is 3.84. The molecule has 0 saturated carbocycles. The summed E-state index contributed by atoms with van der Waals surface area (Å²) in [5, 5.41) is 4.76. The van der Waals surface area contributed by atoms with Crippen molar-refractivity contribution in [3.05, 3.63) is 18.0 Å². The number of nitrogens with zero attached hydrogens (tertiary/aromatic N) is 2. The summed E-state index contributed by atoms with van der Waals surface area (Å²) < 4.78 is 2.12. The molecule has 1 rings (SSSR count). The molecule has 3 N–H and O–H groups in total. The molecule has 4 heteroatoms. The lowest BCUT2D eigenvalue weighted by Gasteiger charge is -2.25. The highest BCUT2D eigenvalue weighted by atomic mass is 15.3. The maximum Gasteiger partial charge on any atom is 0.0640 e. The van der Waals surface area contributed by atoms with E-state index in [0.29, 0.717) is 18.0 Å². The molecule has 1 unspecified atom stereocenters. The summed E-state index contributed by atoms with van der Waals surface area (Å²) in [5.74, 6) is 6.46. The maximum atomic E-state index is 5.82. The van der Waals surface area contributed by atoms with Gasteiger partial charge in [0, 0.05) is 18.7 Å². The molecule has 0 aliphatic heterocycles. The van der Waals surface area contributed by atoms with E-state index in [1.165, 1.54) is 25.7 Å². The number of hydrogen-bond acceptors (Lipinski definition) is 3. The Morgan fingerprint density at radius 3 is 2.24 bits per heavy atom. The molecule has 1 aromatic heterocycles. The number of nitrogens with one attached hydrogen (secondary N) is 1. The fourth-order valence-corrected chi connectivity index (χ4v) is 3.23. The number of hydrazine groups is 1. The van der Waals surface area contributed by atoms with E-state index in [-0.39, 0.29) is 0 Å². The van der Waals surface area contributed by atoms with Crippen molar-refractivity contribution < 1.29 is 0 Å². The minimum absolute atomic E-state index is 0.329. The molecule has 0 radical (unpaired) electrons. The van der Waals surface area contributed by atoms with Crippen LogP contribution in [0.5, 0.6) is 0 Å². The van der Waals surface area contributed by atoms with Crippen molar-refractivity contribution in [3.63, 3.8) is 0 Å². The Hall–Kier alpha value is -0.870. The highest BCUT2D eigenvalue weighted by molar-refractivity contribution is 5.03. The van der Waals surface area contributed by atoms with E-state index >= 15 is 0 Å². The van der Waals surface area contributed by atoms with Gasteiger partial charge in [0.05, 0.1) is 11.7 Å². The molecule has 0 saturated heterocycles. The van der Waals surface area contributed by atoms with Crippen molar-refractivity contribution in [2.45, 2.75) is 84.7 Å². The van der Waals surface area contributed by atoms with Gasteiger partial charge in [-0.3, -0.25) is 16.0 Å². The van der Waals surface area contributed by atoms with Gasteiger partial charge in [0.25, 0.3) is 0 Å². The van der Waals surface area contributed by atoms with Gasteiger partial charge in [-0.1, -0.05) is 40.5 Å². The normalized spacial score (nSPS) is 13.3. The van der Waals surface area contributed by atoms with Crippen LogP contribution in [0.3, 0.4) is 0 Å². The molecule has 0 aliphatic rings. The van der Waals surface area contributed by atoms with Crippen LogP contribution in [0.25, 0.3) is 0 Å². The Morgan fingerprint density at radius 2 is 1.76 bits per heavy atom. The largest absolute Gasteiger partial charge is 0.271 e. The van der Waals surface area contributed by atoms with Gasteiger partial charge in [-0.2, -0.15) is 5.10 Å². The Bertz CT molecular complexity index is 365. The second-order valence-corrected chi connectivity index (χ2v) is 6.07. The first-order chi connectivity index (χ1) is 10.2. The van der Waals surface area contributed by atoms with Gasteiger partial charge in [-0.25, -0.2) is 0 Å². The molecule has 122 valence electrons. The molecule has 4 nitrogen and oxygen atoms in total. The van der Waals surface area contributed by atoms with E-state index in [9.17, 15) is 0 Å². The van der Waals surface area contributed by atoms with Gasteiger partial charge in [0.2, 0.25) is 0 Å². The van der Waals surface area contributed by atoms with Gasteiger partial charge in [0.1, 0.15) is 0 Å². The molecular weight excluding hydrogens is 260 g/mol. The number of nitrogens with two attached hydrogens (primary N) is 1. The number of hydrogen-bond donors (Lipinski definition) is 2. The van der Waals surface area contributed by atoms with Crippen molar-refractivity contribution in [1.82, 2.24) is 15.2 Å². The number of rotatable bonds is 11. The van der Waals surface area contributed by atoms with Gasteiger partial charge in [-0.05, 0) is 37.7 Å². The predicted molar refractivity (Wildman–Crippen MR) is 90.0 cm³/mol. The highest BCUT2D eigenvalue weighted by Crippen LogP contribution is 2.21. The summed E-state index contributed by atoms with van der Waals surface area (Å²) >= 11 is 0. The summed E-state index contributed by atoms with van der Waals surface area (Å²) in [4.78, 5) is 0. The molecule has 0 spiro atoms. The van der Waals surface area contributed by atoms with Crippen LogP contribution in [0.15, 0.2) is 12.3 Å². The SMILES string of the molecule is CCCC(CCC)C(Cc1ccn(C(CC)CC)n1)NN. The Morgan fingerprint density at radius 1 is 1.14 bits per heavy atom. The molecule has 0 amide bonds. The van der Waals surface area contributed by atoms with Crippen LogP contribution in [0, 0.1) is 5.92 Å². The summed E-state index contributed by atoms with van der Waals surface area (Å²) in [6.07, 6.45) is 10.2. The molecule has 0 fully saturated rings. The number of aromatic nitrogens is 2. The smallest absolute Gasteiger partial charge is 0.0640 e. The van der Waals surface area contributed by atoms with Crippen LogP contribution < -0.4 is 11.3 Å². The van der Waals surface area contributed by atoms with Crippen LogP contribution in [-0.2, 0) is 6.42 Å². The van der Waals surface area contributed by atoms with Crippen LogP contribution in [0.2, 0.25) is 0 Å². The maximum absolute atomic E-state index is 5.82. The van der Waals surface area contributed by atoms with E-state index in [4.69, 9.17) is 10.9 Å². The average molecular weight is 294 g/mol. The summed E-state index contributed by atoms with van der Waals surface area (Å²) in [6.45, 7) is 8.94. The lowest BCUT2D eigenvalue weighted by atomic mass is 9.88. The third-order valence-electron chi connectivity index (χ3n) is 4.51. The first-order valence-corrected chi connectivity index (χ1v) is 8.70. The molecule has 21 heavy (non-hydrogen) atoms. The van der Waals surface area contributed by atoms with Gasteiger partial charge in [-0.15, -0.1) is 0 Å². The molecule has 0 aliphatic carbocycles. The molecular formula is C17H34N4. The van der Waals surface area contributed by atoms with Crippen molar-refractivity contribution in [2.24, 2.45) is 11.8 Å². The second kappa shape index (κ2) is 9.96. The van der Waals surface area contributed by atoms with Crippen LogP contribution in [0.1, 0.15) is 78.0 Å². The summed E-state index contributed by atoms with van der Waals surface area (Å²) in [5.41, 5.74) is 4.19. The van der Waals surface area contributed by atoms with Crippen molar-refractivity contribution >= 4 is 0 Å². The van der Waals surface area contributed by atoms with Gasteiger partial charge >= 0.3 is 0 Å². The standard InChI is InChI=1S/C17H34N4/c1-5-9-14(10-6-2)17(19-18)13-15-11-12-21(20-15)16(7-3)8-4/h11-12,14,16-17,19H,5-10,13,18H2,1-4H3. The fraction of sp³-hybridized carbons (Fsp3) is 0.824. The van der Waals surface area contributed by atoms with Crippen LogP contribution >= 0.6 is 0 Å². The van der Waals surface area contributed by atoms with E-state index in [0.717, 1.165) is 25.0 Å². The molecule has 1 atom stereocenters. The van der Waals surface area contributed by atoms with Crippen molar-refractivity contribution in [2.75, 3.05) is 0 Å². The third kappa shape index (κ3) is 5.44. The first-order valence-electron chi connectivity index (χ1n) is 8.70. The zero-order valence-electron chi connectivity index (χ0n) is 14.3. The summed E-state index contributed by atoms with van der Waals surface area (Å²) in [7, 11) is 0. The molecule has 0 bridgehead atoms. The monoisotopic (exact) mass is 294 g/mol. The average Bonchev–Trinajstić information content (AvgIpc) is 2.94. The molecule has 0 aromatic carbocycles. The quantitative estimate of drug-likeness (QED) is 0.481. The third-order valence-corrected chi connectivity index (χ3v) is 4.51. The zero-order chi connectivity index (χ0) is 15.7. The lowest BCUT2D eigenvalue weighted by Crippen LogP contribution is -2.42. The Labute approximate surface area is 130 Å². The van der Waals surface area contributed by atoms with Crippen molar-refractivity contribution in [1.29, 1.82) is 0 Å². The second-order valence-electron chi connectivity index (χ2n) is 6.07. The van der Waals surface area contributed by atoms with Crippen LogP contribution in [-0.4, -0.2) is 15.8 Å². The van der Waals surface area contributed by atoms with E-state index in [1.54, 1.807) is 0 Å². The Balaban J connectivity index is 2.71. The lowest BCUT2D eigenvalue weighted by molar-refractivity contribution is 0.308. The minimum Gasteiger partial charge on any atom is -0.271 e.